The van der Waals surface area contributed by atoms with Crippen molar-refractivity contribution in [2.75, 3.05) is 19.1 Å². The maximum atomic E-state index is 13.8. The highest BCUT2D eigenvalue weighted by Crippen LogP contribution is 2.32. The number of fused-ring (bicyclic) bond motifs is 1. The van der Waals surface area contributed by atoms with Crippen LogP contribution in [0.5, 0.6) is 5.75 Å². The molecule has 0 spiro atoms. The number of methoxy groups -OCH3 is 2. The van der Waals surface area contributed by atoms with E-state index >= 15 is 0 Å². The van der Waals surface area contributed by atoms with Gasteiger partial charge in [0.15, 0.2) is 0 Å². The number of rotatable bonds is 8. The lowest BCUT2D eigenvalue weighted by atomic mass is 10.0. The SMILES string of the molecule is CC.COC(=O)c1ccc2c(N(Cc3ccc(-c4ccc(OC)c(C)c4)cc3)C(=O)CC3CCCC3)nccc2c1. The smallest absolute Gasteiger partial charge is 0.337 e. The molecule has 1 heterocycles. The fourth-order valence-corrected chi connectivity index (χ4v) is 5.52. The highest BCUT2D eigenvalue weighted by molar-refractivity contribution is 6.04. The summed E-state index contributed by atoms with van der Waals surface area (Å²) in [6.07, 6.45) is 6.79. The molecule has 0 bridgehead atoms. The van der Waals surface area contributed by atoms with Crippen LogP contribution in [0, 0.1) is 12.8 Å². The van der Waals surface area contributed by atoms with Gasteiger partial charge in [-0.25, -0.2) is 9.78 Å². The molecule has 5 rings (SSSR count). The minimum Gasteiger partial charge on any atom is -0.496 e. The van der Waals surface area contributed by atoms with Gasteiger partial charge in [0.2, 0.25) is 5.91 Å². The van der Waals surface area contributed by atoms with E-state index in [4.69, 9.17) is 9.47 Å². The molecule has 0 radical (unpaired) electrons. The molecule has 4 aromatic rings. The Labute approximate surface area is 243 Å². The van der Waals surface area contributed by atoms with Gasteiger partial charge >= 0.3 is 5.97 Å². The lowest BCUT2D eigenvalue weighted by molar-refractivity contribution is -0.119. The Morgan fingerprint density at radius 2 is 1.61 bits per heavy atom. The van der Waals surface area contributed by atoms with E-state index in [0.29, 0.717) is 30.3 Å². The Morgan fingerprint density at radius 3 is 2.27 bits per heavy atom. The molecule has 3 aromatic carbocycles. The Kier molecular flexibility index (Phi) is 10.1. The van der Waals surface area contributed by atoms with Crippen molar-refractivity contribution in [3.05, 3.63) is 89.6 Å². The molecule has 6 nitrogen and oxygen atoms in total. The van der Waals surface area contributed by atoms with Crippen molar-refractivity contribution in [1.29, 1.82) is 0 Å². The number of benzene rings is 3. The van der Waals surface area contributed by atoms with E-state index in [0.717, 1.165) is 51.6 Å². The van der Waals surface area contributed by atoms with Crippen LogP contribution in [0.15, 0.2) is 72.9 Å². The average molecular weight is 553 g/mol. The molecular weight excluding hydrogens is 512 g/mol. The van der Waals surface area contributed by atoms with Crippen molar-refractivity contribution < 1.29 is 19.1 Å². The number of hydrogen-bond acceptors (Lipinski definition) is 5. The molecule has 1 fully saturated rings. The first-order valence-electron chi connectivity index (χ1n) is 14.5. The molecule has 0 saturated heterocycles. The topological polar surface area (TPSA) is 68.7 Å². The number of carbonyl (C=O) groups excluding carboxylic acids is 2. The van der Waals surface area contributed by atoms with Crippen LogP contribution in [0.3, 0.4) is 0 Å². The van der Waals surface area contributed by atoms with Gasteiger partial charge in [-0.1, -0.05) is 57.0 Å². The molecule has 214 valence electrons. The Bertz CT molecular complexity index is 1490. The third-order valence-electron chi connectivity index (χ3n) is 7.68. The van der Waals surface area contributed by atoms with Crippen molar-refractivity contribution in [1.82, 2.24) is 4.98 Å². The summed E-state index contributed by atoms with van der Waals surface area (Å²) in [5, 5.41) is 1.67. The van der Waals surface area contributed by atoms with Crippen LogP contribution in [0.4, 0.5) is 5.82 Å². The number of nitrogens with zero attached hydrogens (tertiary/aromatic N) is 2. The number of pyridine rings is 1. The molecule has 1 aliphatic carbocycles. The third-order valence-corrected chi connectivity index (χ3v) is 7.68. The van der Waals surface area contributed by atoms with Crippen molar-refractivity contribution in [2.24, 2.45) is 5.92 Å². The summed E-state index contributed by atoms with van der Waals surface area (Å²) < 4.78 is 10.3. The minimum atomic E-state index is -0.392. The number of hydrogen-bond donors (Lipinski definition) is 0. The second-order valence-corrected chi connectivity index (χ2v) is 10.3. The van der Waals surface area contributed by atoms with E-state index in [1.807, 2.05) is 43.9 Å². The predicted octanol–water partition coefficient (Wildman–Crippen LogP) is 8.15. The largest absolute Gasteiger partial charge is 0.496 e. The summed E-state index contributed by atoms with van der Waals surface area (Å²) in [6, 6.07) is 21.7. The van der Waals surface area contributed by atoms with Gasteiger partial charge in [0.05, 0.1) is 26.3 Å². The van der Waals surface area contributed by atoms with Crippen molar-refractivity contribution in [2.45, 2.75) is 59.4 Å². The molecule has 0 N–H and O–H groups in total. The molecule has 1 aliphatic rings. The molecule has 1 saturated carbocycles. The first kappa shape index (κ1) is 29.8. The first-order valence-corrected chi connectivity index (χ1v) is 14.5. The van der Waals surface area contributed by atoms with Crippen LogP contribution >= 0.6 is 0 Å². The standard InChI is InChI=1S/C33H34N2O4.C2H6/c1-22-18-26(13-15-30(22)38-2)25-10-8-24(9-11-25)21-35(31(36)19-23-6-4-5-7-23)32-29-14-12-28(33(37)39-3)20-27(29)16-17-34-32;1-2/h8-18,20,23H,4-7,19,21H2,1-3H3;1-2H3. The fraction of sp³-hybridized carbons (Fsp3) is 0.343. The van der Waals surface area contributed by atoms with Crippen LogP contribution in [0.2, 0.25) is 0 Å². The van der Waals surface area contributed by atoms with Crippen molar-refractivity contribution in [3.8, 4) is 16.9 Å². The average Bonchev–Trinajstić information content (AvgIpc) is 3.53. The van der Waals surface area contributed by atoms with E-state index in [9.17, 15) is 9.59 Å². The summed E-state index contributed by atoms with van der Waals surface area (Å²) in [5.74, 6) is 1.59. The highest BCUT2D eigenvalue weighted by atomic mass is 16.5. The second-order valence-electron chi connectivity index (χ2n) is 10.3. The first-order chi connectivity index (χ1) is 20.0. The third kappa shape index (κ3) is 6.94. The molecule has 1 amide bonds. The van der Waals surface area contributed by atoms with Crippen LogP contribution in [-0.2, 0) is 16.1 Å². The van der Waals surface area contributed by atoms with E-state index in [-0.39, 0.29) is 5.91 Å². The normalized spacial score (nSPS) is 12.9. The van der Waals surface area contributed by atoms with Crippen molar-refractivity contribution in [3.63, 3.8) is 0 Å². The summed E-state index contributed by atoms with van der Waals surface area (Å²) in [5.41, 5.74) is 4.79. The summed E-state index contributed by atoms with van der Waals surface area (Å²) >= 11 is 0. The molecule has 1 aromatic heterocycles. The Balaban J connectivity index is 0.00000189. The van der Waals surface area contributed by atoms with E-state index in [2.05, 4.69) is 41.4 Å². The number of anilines is 1. The fourth-order valence-electron chi connectivity index (χ4n) is 5.52. The number of carbonyl (C=O) groups is 2. The second kappa shape index (κ2) is 13.9. The zero-order chi connectivity index (χ0) is 29.4. The number of esters is 1. The van der Waals surface area contributed by atoms with Gasteiger partial charge in [-0.05, 0) is 89.7 Å². The minimum absolute atomic E-state index is 0.0776. The van der Waals surface area contributed by atoms with Gasteiger partial charge in [-0.2, -0.15) is 0 Å². The monoisotopic (exact) mass is 552 g/mol. The number of aromatic nitrogens is 1. The predicted molar refractivity (Wildman–Crippen MR) is 165 cm³/mol. The Hall–Kier alpha value is -4.19. The van der Waals surface area contributed by atoms with Crippen LogP contribution < -0.4 is 9.64 Å². The number of amides is 1. The van der Waals surface area contributed by atoms with E-state index < -0.39 is 5.97 Å². The quantitative estimate of drug-likeness (QED) is 0.206. The maximum absolute atomic E-state index is 13.8. The van der Waals surface area contributed by atoms with Gasteiger partial charge in [0.1, 0.15) is 11.6 Å². The highest BCUT2D eigenvalue weighted by Gasteiger charge is 2.25. The summed E-state index contributed by atoms with van der Waals surface area (Å²) in [7, 11) is 3.05. The molecule has 41 heavy (non-hydrogen) atoms. The van der Waals surface area contributed by atoms with Crippen molar-refractivity contribution >= 4 is 28.5 Å². The van der Waals surface area contributed by atoms with Crippen LogP contribution in [-0.4, -0.2) is 31.1 Å². The van der Waals surface area contributed by atoms with Crippen LogP contribution in [0.1, 0.15) is 67.4 Å². The van der Waals surface area contributed by atoms with Crippen LogP contribution in [0.25, 0.3) is 21.9 Å². The number of aryl methyl sites for hydroxylation is 1. The summed E-state index contributed by atoms with van der Waals surface area (Å²) in [6.45, 7) is 6.45. The molecular formula is C35H40N2O4. The van der Waals surface area contributed by atoms with Gasteiger partial charge < -0.3 is 9.47 Å². The Morgan fingerprint density at radius 1 is 0.902 bits per heavy atom. The number of ether oxygens (including phenoxy) is 2. The lowest BCUT2D eigenvalue weighted by Crippen LogP contribution is -2.32. The van der Waals surface area contributed by atoms with Gasteiger partial charge in [0.25, 0.3) is 0 Å². The van der Waals surface area contributed by atoms with Gasteiger partial charge in [-0.15, -0.1) is 0 Å². The molecule has 6 heteroatoms. The van der Waals surface area contributed by atoms with E-state index in [1.165, 1.54) is 20.0 Å². The lowest BCUT2D eigenvalue weighted by Gasteiger charge is -2.25. The summed E-state index contributed by atoms with van der Waals surface area (Å²) in [4.78, 5) is 32.3. The molecule has 0 unspecified atom stereocenters. The molecule has 0 aliphatic heterocycles. The zero-order valence-corrected chi connectivity index (χ0v) is 24.8. The van der Waals surface area contributed by atoms with Gasteiger partial charge in [-0.3, -0.25) is 9.69 Å². The zero-order valence-electron chi connectivity index (χ0n) is 24.8. The van der Waals surface area contributed by atoms with Gasteiger partial charge in [0, 0.05) is 18.0 Å². The maximum Gasteiger partial charge on any atom is 0.337 e. The molecule has 0 atom stereocenters. The van der Waals surface area contributed by atoms with E-state index in [1.54, 1.807) is 25.4 Å².